The molecular formula is C23H19BrN2O4. The van der Waals surface area contributed by atoms with Gasteiger partial charge in [0, 0.05) is 30.1 Å². The van der Waals surface area contributed by atoms with E-state index < -0.39 is 5.79 Å². The Hall–Kier alpha value is -3.32. The predicted octanol–water partition coefficient (Wildman–Crippen LogP) is 5.46. The molecule has 0 spiro atoms. The maximum absolute atomic E-state index is 12.9. The standard InChI is InChI=1S/C23H19BrN2O4/c1-23(2)29-19-12-11-14(13-20(19)30-23)25-22(28)16-8-4-6-10-18(16)26-21(27)15-7-3-5-9-17(15)24/h3-13H,1-2H3,(H,25,28)(H,26,27). The molecule has 0 aliphatic carbocycles. The number of para-hydroxylation sites is 1. The summed E-state index contributed by atoms with van der Waals surface area (Å²) in [5.41, 5.74) is 1.80. The first-order chi connectivity index (χ1) is 14.3. The maximum Gasteiger partial charge on any atom is 0.257 e. The Bertz CT molecular complexity index is 1140. The fourth-order valence-corrected chi connectivity index (χ4v) is 3.59. The van der Waals surface area contributed by atoms with Crippen LogP contribution in [0.25, 0.3) is 0 Å². The van der Waals surface area contributed by atoms with Gasteiger partial charge in [0.05, 0.1) is 16.8 Å². The zero-order chi connectivity index (χ0) is 21.3. The van der Waals surface area contributed by atoms with Crippen molar-refractivity contribution in [2.24, 2.45) is 0 Å². The highest BCUT2D eigenvalue weighted by atomic mass is 79.9. The van der Waals surface area contributed by atoms with Gasteiger partial charge in [-0.3, -0.25) is 9.59 Å². The van der Waals surface area contributed by atoms with Gasteiger partial charge in [0.15, 0.2) is 11.5 Å². The molecule has 0 aromatic heterocycles. The molecule has 3 aromatic rings. The number of halogens is 1. The smallest absolute Gasteiger partial charge is 0.257 e. The number of anilines is 2. The number of ether oxygens (including phenoxy) is 2. The number of rotatable bonds is 4. The first-order valence-corrected chi connectivity index (χ1v) is 10.1. The monoisotopic (exact) mass is 466 g/mol. The van der Waals surface area contributed by atoms with Crippen LogP contribution in [0.1, 0.15) is 34.6 Å². The Balaban J connectivity index is 1.54. The second-order valence-electron chi connectivity index (χ2n) is 7.20. The maximum atomic E-state index is 12.9. The summed E-state index contributed by atoms with van der Waals surface area (Å²) in [6.07, 6.45) is 0. The molecule has 1 aliphatic heterocycles. The molecule has 4 rings (SSSR count). The average Bonchev–Trinajstić information content (AvgIpc) is 3.01. The van der Waals surface area contributed by atoms with Crippen LogP contribution in [0.3, 0.4) is 0 Å². The summed E-state index contributed by atoms with van der Waals surface area (Å²) in [7, 11) is 0. The molecule has 1 heterocycles. The van der Waals surface area contributed by atoms with E-state index in [4.69, 9.17) is 9.47 Å². The number of hydrogen-bond donors (Lipinski definition) is 2. The summed E-state index contributed by atoms with van der Waals surface area (Å²) < 4.78 is 12.1. The SMILES string of the molecule is CC1(C)Oc2ccc(NC(=O)c3ccccc3NC(=O)c3ccccc3Br)cc2O1. The third-order valence-corrected chi connectivity index (χ3v) is 5.14. The molecule has 6 nitrogen and oxygen atoms in total. The Labute approximate surface area is 182 Å². The summed E-state index contributed by atoms with van der Waals surface area (Å²) in [4.78, 5) is 25.6. The number of fused-ring (bicyclic) bond motifs is 1. The molecule has 0 unspecified atom stereocenters. The number of hydrogen-bond acceptors (Lipinski definition) is 4. The van der Waals surface area contributed by atoms with E-state index in [1.807, 2.05) is 19.9 Å². The van der Waals surface area contributed by atoms with Crippen LogP contribution in [0.5, 0.6) is 11.5 Å². The molecule has 2 amide bonds. The van der Waals surface area contributed by atoms with Gasteiger partial charge in [-0.25, -0.2) is 0 Å². The van der Waals surface area contributed by atoms with Crippen molar-refractivity contribution in [3.8, 4) is 11.5 Å². The minimum absolute atomic E-state index is 0.312. The Morgan fingerprint density at radius 1 is 0.800 bits per heavy atom. The molecule has 152 valence electrons. The summed E-state index contributed by atoms with van der Waals surface area (Å²) in [6, 6.07) is 19.1. The van der Waals surface area contributed by atoms with Crippen molar-refractivity contribution < 1.29 is 19.1 Å². The molecule has 3 aromatic carbocycles. The lowest BCUT2D eigenvalue weighted by Gasteiger charge is -2.16. The van der Waals surface area contributed by atoms with Crippen molar-refractivity contribution in [3.63, 3.8) is 0 Å². The molecule has 2 N–H and O–H groups in total. The van der Waals surface area contributed by atoms with Crippen LogP contribution in [0.15, 0.2) is 71.2 Å². The van der Waals surface area contributed by atoms with Gasteiger partial charge in [-0.2, -0.15) is 0 Å². The van der Waals surface area contributed by atoms with Crippen LogP contribution in [0.2, 0.25) is 0 Å². The van der Waals surface area contributed by atoms with Gasteiger partial charge < -0.3 is 20.1 Å². The highest BCUT2D eigenvalue weighted by Gasteiger charge is 2.31. The quantitative estimate of drug-likeness (QED) is 0.534. The number of benzene rings is 3. The van der Waals surface area contributed by atoms with Gasteiger partial charge >= 0.3 is 0 Å². The average molecular weight is 467 g/mol. The first kappa shape index (κ1) is 20.0. The molecule has 0 fully saturated rings. The van der Waals surface area contributed by atoms with Gasteiger partial charge in [0.2, 0.25) is 5.79 Å². The lowest BCUT2D eigenvalue weighted by atomic mass is 10.1. The number of carbonyl (C=O) groups excluding carboxylic acids is 2. The van der Waals surface area contributed by atoms with Gasteiger partial charge in [-0.1, -0.05) is 24.3 Å². The minimum atomic E-state index is -0.743. The summed E-state index contributed by atoms with van der Waals surface area (Å²) in [5, 5.41) is 5.66. The van der Waals surface area contributed by atoms with Crippen LogP contribution in [0.4, 0.5) is 11.4 Å². The summed E-state index contributed by atoms with van der Waals surface area (Å²) >= 11 is 3.37. The highest BCUT2D eigenvalue weighted by Crippen LogP contribution is 2.40. The molecule has 1 aliphatic rings. The van der Waals surface area contributed by atoms with Crippen molar-refractivity contribution in [2.75, 3.05) is 10.6 Å². The van der Waals surface area contributed by atoms with Gasteiger partial charge in [-0.05, 0) is 52.3 Å². The Kier molecular flexibility index (Phi) is 5.22. The van der Waals surface area contributed by atoms with Crippen molar-refractivity contribution in [1.82, 2.24) is 0 Å². The predicted molar refractivity (Wildman–Crippen MR) is 118 cm³/mol. The van der Waals surface area contributed by atoms with Gasteiger partial charge in [-0.15, -0.1) is 0 Å². The topological polar surface area (TPSA) is 76.7 Å². The molecule has 0 atom stereocenters. The van der Waals surface area contributed by atoms with E-state index in [1.165, 1.54) is 0 Å². The number of nitrogens with one attached hydrogen (secondary N) is 2. The Morgan fingerprint density at radius 3 is 2.20 bits per heavy atom. The molecular weight excluding hydrogens is 448 g/mol. The van der Waals surface area contributed by atoms with Gasteiger partial charge in [0.1, 0.15) is 0 Å². The van der Waals surface area contributed by atoms with E-state index in [9.17, 15) is 9.59 Å². The molecule has 30 heavy (non-hydrogen) atoms. The van der Waals surface area contributed by atoms with E-state index in [2.05, 4.69) is 26.6 Å². The number of amides is 2. The van der Waals surface area contributed by atoms with Crippen molar-refractivity contribution in [1.29, 1.82) is 0 Å². The van der Waals surface area contributed by atoms with Crippen molar-refractivity contribution in [2.45, 2.75) is 19.6 Å². The van der Waals surface area contributed by atoms with Crippen LogP contribution in [0, 0.1) is 0 Å². The van der Waals surface area contributed by atoms with E-state index in [0.717, 1.165) is 0 Å². The fourth-order valence-electron chi connectivity index (χ4n) is 3.12. The second kappa shape index (κ2) is 7.84. The molecule has 7 heteroatoms. The van der Waals surface area contributed by atoms with Gasteiger partial charge in [0.25, 0.3) is 11.8 Å². The third-order valence-electron chi connectivity index (χ3n) is 4.45. The zero-order valence-electron chi connectivity index (χ0n) is 16.4. The molecule has 0 saturated heterocycles. The second-order valence-corrected chi connectivity index (χ2v) is 8.05. The van der Waals surface area contributed by atoms with Crippen molar-refractivity contribution >= 4 is 39.1 Å². The largest absolute Gasteiger partial charge is 0.449 e. The summed E-state index contributed by atoms with van der Waals surface area (Å²) in [6.45, 7) is 3.63. The third kappa shape index (κ3) is 4.16. The molecule has 0 bridgehead atoms. The highest BCUT2D eigenvalue weighted by molar-refractivity contribution is 9.10. The summed E-state index contributed by atoms with van der Waals surface area (Å²) in [5.74, 6) is -0.218. The van der Waals surface area contributed by atoms with Crippen LogP contribution in [-0.4, -0.2) is 17.6 Å². The zero-order valence-corrected chi connectivity index (χ0v) is 17.9. The molecule has 0 radical (unpaired) electrons. The normalized spacial score (nSPS) is 13.6. The van der Waals surface area contributed by atoms with E-state index >= 15 is 0 Å². The number of carbonyl (C=O) groups is 2. The lowest BCUT2D eigenvalue weighted by Crippen LogP contribution is -2.29. The van der Waals surface area contributed by atoms with E-state index in [0.29, 0.717) is 38.5 Å². The van der Waals surface area contributed by atoms with Crippen LogP contribution >= 0.6 is 15.9 Å². The molecule has 0 saturated carbocycles. The Morgan fingerprint density at radius 2 is 1.43 bits per heavy atom. The minimum Gasteiger partial charge on any atom is -0.449 e. The van der Waals surface area contributed by atoms with Crippen molar-refractivity contribution in [3.05, 3.63) is 82.3 Å². The lowest BCUT2D eigenvalue weighted by molar-refractivity contribution is -0.0431. The fraction of sp³-hybridized carbons (Fsp3) is 0.130. The van der Waals surface area contributed by atoms with Crippen LogP contribution in [-0.2, 0) is 0 Å². The van der Waals surface area contributed by atoms with E-state index in [1.54, 1.807) is 60.7 Å². The van der Waals surface area contributed by atoms with E-state index in [-0.39, 0.29) is 11.8 Å². The van der Waals surface area contributed by atoms with Crippen LogP contribution < -0.4 is 20.1 Å². The first-order valence-electron chi connectivity index (χ1n) is 9.31.